The third-order valence-corrected chi connectivity index (χ3v) is 15.7. The molecule has 0 bridgehead atoms. The summed E-state index contributed by atoms with van der Waals surface area (Å²) in [5.41, 5.74) is 7.47. The summed E-state index contributed by atoms with van der Waals surface area (Å²) in [5.74, 6) is 1.78. The summed E-state index contributed by atoms with van der Waals surface area (Å²) >= 11 is 3.62. The highest BCUT2D eigenvalue weighted by Gasteiger charge is 2.24. The highest BCUT2D eigenvalue weighted by Crippen LogP contribution is 2.44. The lowest BCUT2D eigenvalue weighted by molar-refractivity contribution is 0.669. The summed E-state index contributed by atoms with van der Waals surface area (Å²) in [6.45, 7) is 0. The summed E-state index contributed by atoms with van der Waals surface area (Å²) < 4.78 is 14.2. The Hall–Kier alpha value is -8.23. The van der Waals surface area contributed by atoms with Gasteiger partial charge in [-0.15, -0.1) is 22.7 Å². The van der Waals surface area contributed by atoms with Gasteiger partial charge < -0.3 is 8.98 Å². The second-order valence-electron chi connectivity index (χ2n) is 17.1. The number of hydrogen-bond donors (Lipinski definition) is 0. The van der Waals surface area contributed by atoms with Crippen LogP contribution in [0.4, 0.5) is 0 Å². The predicted octanol–water partition coefficient (Wildman–Crippen LogP) is 16.9. The molecular formula is C59H32N4OS2. The van der Waals surface area contributed by atoms with Crippen molar-refractivity contribution in [2.45, 2.75) is 0 Å². The van der Waals surface area contributed by atoms with Crippen molar-refractivity contribution in [3.63, 3.8) is 0 Å². The number of furan rings is 1. The highest BCUT2D eigenvalue weighted by molar-refractivity contribution is 7.26. The topological polar surface area (TPSA) is 56.7 Å². The molecular weight excluding hydrogens is 845 g/mol. The summed E-state index contributed by atoms with van der Waals surface area (Å²) in [5, 5.41) is 14.0. The first kappa shape index (κ1) is 36.1. The number of rotatable bonds is 4. The molecule has 5 heterocycles. The van der Waals surface area contributed by atoms with Gasteiger partial charge in [0.05, 0.1) is 16.7 Å². The molecule has 7 heteroatoms. The van der Waals surface area contributed by atoms with E-state index >= 15 is 0 Å². The Balaban J connectivity index is 1.07. The molecule has 5 nitrogen and oxygen atoms in total. The van der Waals surface area contributed by atoms with Crippen LogP contribution in [0.25, 0.3) is 145 Å². The van der Waals surface area contributed by atoms with E-state index in [-0.39, 0.29) is 0 Å². The van der Waals surface area contributed by atoms with Crippen LogP contribution in [0.2, 0.25) is 0 Å². The van der Waals surface area contributed by atoms with E-state index in [1.807, 2.05) is 22.7 Å². The fraction of sp³-hybridized carbons (Fsp3) is 0. The first-order valence-electron chi connectivity index (χ1n) is 22.1. The third-order valence-electron chi connectivity index (χ3n) is 13.4. The molecule has 5 aromatic heterocycles. The molecule has 0 aliphatic rings. The second-order valence-corrected chi connectivity index (χ2v) is 19.3. The highest BCUT2D eigenvalue weighted by atomic mass is 32.1. The van der Waals surface area contributed by atoms with Crippen LogP contribution < -0.4 is 0 Å². The largest absolute Gasteiger partial charge is 0.456 e. The van der Waals surface area contributed by atoms with E-state index in [9.17, 15) is 0 Å². The van der Waals surface area contributed by atoms with Crippen molar-refractivity contribution >= 4 is 128 Å². The number of aromatic nitrogens is 4. The zero-order chi connectivity index (χ0) is 43.0. The van der Waals surface area contributed by atoms with Gasteiger partial charge in [-0.05, 0) is 106 Å². The molecule has 0 amide bonds. The average Bonchev–Trinajstić information content (AvgIpc) is 4.13. The Bertz CT molecular complexity index is 4420. The molecule has 15 aromatic rings. The van der Waals surface area contributed by atoms with E-state index in [4.69, 9.17) is 19.4 Å². The van der Waals surface area contributed by atoms with Gasteiger partial charge in [0.15, 0.2) is 17.5 Å². The number of hydrogen-bond acceptors (Lipinski definition) is 6. The molecule has 66 heavy (non-hydrogen) atoms. The minimum atomic E-state index is 0.564. The molecule has 0 radical (unpaired) electrons. The molecule has 306 valence electrons. The van der Waals surface area contributed by atoms with E-state index in [0.29, 0.717) is 17.5 Å². The summed E-state index contributed by atoms with van der Waals surface area (Å²) in [7, 11) is 0. The van der Waals surface area contributed by atoms with Gasteiger partial charge in [-0.3, -0.25) is 0 Å². The molecule has 15 rings (SSSR count). The van der Waals surface area contributed by atoms with Gasteiger partial charge in [0.1, 0.15) is 11.2 Å². The van der Waals surface area contributed by atoms with Crippen LogP contribution >= 0.6 is 22.7 Å². The number of para-hydroxylation sites is 1. The Morgan fingerprint density at radius 1 is 0.348 bits per heavy atom. The zero-order valence-corrected chi connectivity index (χ0v) is 36.6. The lowest BCUT2D eigenvalue weighted by Crippen LogP contribution is -2.04. The molecule has 0 atom stereocenters. The van der Waals surface area contributed by atoms with E-state index in [0.717, 1.165) is 60.7 Å². The first-order chi connectivity index (χ1) is 32.7. The molecule has 0 unspecified atom stereocenters. The van der Waals surface area contributed by atoms with E-state index in [2.05, 4.69) is 199 Å². The fourth-order valence-electron chi connectivity index (χ4n) is 10.3. The minimum absolute atomic E-state index is 0.564. The van der Waals surface area contributed by atoms with Crippen molar-refractivity contribution in [2.75, 3.05) is 0 Å². The second kappa shape index (κ2) is 13.6. The molecule has 0 fully saturated rings. The summed E-state index contributed by atoms with van der Waals surface area (Å²) in [4.78, 5) is 16.3. The van der Waals surface area contributed by atoms with Crippen LogP contribution in [0.15, 0.2) is 199 Å². The summed E-state index contributed by atoms with van der Waals surface area (Å²) in [6.07, 6.45) is 0. The van der Waals surface area contributed by atoms with Gasteiger partial charge in [-0.25, -0.2) is 15.0 Å². The van der Waals surface area contributed by atoms with Gasteiger partial charge in [0.2, 0.25) is 0 Å². The van der Waals surface area contributed by atoms with Gasteiger partial charge in [-0.2, -0.15) is 0 Å². The number of nitrogens with zero attached hydrogens (tertiary/aromatic N) is 4. The standard InChI is InChI=1S/C59H32N4OS2/c1-2-13-35-30-48-42(27-34(35)12-1)39-15-5-8-18-47(39)63(48)49-31-46-51(64-50-24-21-33-11-3-4-14-38(33)56(46)50)32-45(49)59-61-57(36-22-25-54-43(28-36)40-16-6-9-19-52(40)65-54)60-58(62-59)37-23-26-55-44(29-37)41-17-7-10-20-53(41)66-55/h1-32H. The molecule has 0 saturated carbocycles. The molecule has 0 aliphatic carbocycles. The normalized spacial score (nSPS) is 12.2. The lowest BCUT2D eigenvalue weighted by atomic mass is 10.0. The van der Waals surface area contributed by atoms with Crippen LogP contribution in [-0.4, -0.2) is 19.5 Å². The van der Waals surface area contributed by atoms with Crippen molar-refractivity contribution in [3.05, 3.63) is 194 Å². The maximum Gasteiger partial charge on any atom is 0.166 e. The molecule has 0 aliphatic heterocycles. The fourth-order valence-corrected chi connectivity index (χ4v) is 12.5. The van der Waals surface area contributed by atoms with Crippen LogP contribution in [0.5, 0.6) is 0 Å². The SMILES string of the molecule is c1ccc2cc3c(cc2c1)c1ccccc1n3-c1cc2c(cc1-c1nc(-c3ccc4sc5ccccc5c4c3)nc(-c3ccc4sc5ccccc5c4c3)n1)oc1ccc3ccccc3c12. The van der Waals surface area contributed by atoms with Gasteiger partial charge in [-0.1, -0.05) is 109 Å². The van der Waals surface area contributed by atoms with Crippen LogP contribution in [0, 0.1) is 0 Å². The molecule has 0 saturated heterocycles. The number of fused-ring (bicyclic) bond motifs is 15. The Kier molecular flexibility index (Phi) is 7.47. The number of thiophene rings is 2. The lowest BCUT2D eigenvalue weighted by Gasteiger charge is -2.15. The maximum atomic E-state index is 6.84. The third kappa shape index (κ3) is 5.29. The van der Waals surface area contributed by atoms with E-state index < -0.39 is 0 Å². The van der Waals surface area contributed by atoms with Crippen molar-refractivity contribution in [2.24, 2.45) is 0 Å². The van der Waals surface area contributed by atoms with Crippen LogP contribution in [0.1, 0.15) is 0 Å². The predicted molar refractivity (Wildman–Crippen MR) is 279 cm³/mol. The quantitative estimate of drug-likeness (QED) is 0.177. The molecule has 10 aromatic carbocycles. The summed E-state index contributed by atoms with van der Waals surface area (Å²) in [6, 6.07) is 69.7. The van der Waals surface area contributed by atoms with Crippen LogP contribution in [-0.2, 0) is 0 Å². The Morgan fingerprint density at radius 3 is 1.61 bits per heavy atom. The van der Waals surface area contributed by atoms with Gasteiger partial charge in [0.25, 0.3) is 0 Å². The first-order valence-corrected chi connectivity index (χ1v) is 23.7. The molecule has 0 N–H and O–H groups in total. The van der Waals surface area contributed by atoms with Crippen molar-refractivity contribution < 1.29 is 4.42 Å². The van der Waals surface area contributed by atoms with Crippen molar-refractivity contribution in [1.29, 1.82) is 0 Å². The Morgan fingerprint density at radius 2 is 0.909 bits per heavy atom. The monoisotopic (exact) mass is 876 g/mol. The van der Waals surface area contributed by atoms with Gasteiger partial charge in [0, 0.05) is 78.6 Å². The van der Waals surface area contributed by atoms with Crippen LogP contribution in [0.3, 0.4) is 0 Å². The van der Waals surface area contributed by atoms with Crippen molar-refractivity contribution in [3.8, 4) is 39.9 Å². The van der Waals surface area contributed by atoms with E-state index in [1.165, 1.54) is 67.3 Å². The maximum absolute atomic E-state index is 6.84. The smallest absolute Gasteiger partial charge is 0.166 e. The minimum Gasteiger partial charge on any atom is -0.456 e. The molecule has 0 spiro atoms. The van der Waals surface area contributed by atoms with Crippen molar-refractivity contribution in [1.82, 2.24) is 19.5 Å². The average molecular weight is 877 g/mol. The number of benzene rings is 10. The zero-order valence-electron chi connectivity index (χ0n) is 35.0. The van der Waals surface area contributed by atoms with Gasteiger partial charge >= 0.3 is 0 Å². The Labute approximate surface area is 384 Å². The van der Waals surface area contributed by atoms with E-state index in [1.54, 1.807) is 0 Å².